The molecular weight excluding hydrogens is 558 g/mol. The monoisotopic (exact) mass is 591 g/mol. The number of carbonyl (C=O) groups excluding carboxylic acids is 4. The van der Waals surface area contributed by atoms with Gasteiger partial charge in [-0.15, -0.1) is 11.3 Å². The van der Waals surface area contributed by atoms with Crippen LogP contribution in [0.2, 0.25) is 0 Å². The summed E-state index contributed by atoms with van der Waals surface area (Å²) in [5.74, 6) is -1.47. The Bertz CT molecular complexity index is 1460. The number of hydrogen-bond acceptors (Lipinski definition) is 9. The van der Waals surface area contributed by atoms with Crippen molar-refractivity contribution >= 4 is 46.3 Å². The number of nitrogens with zero attached hydrogens (tertiary/aromatic N) is 1. The minimum Gasteiger partial charge on any atom is -0.494 e. The van der Waals surface area contributed by atoms with Crippen molar-refractivity contribution in [3.63, 3.8) is 0 Å². The molecular formula is C31H33N3O7S. The predicted molar refractivity (Wildman–Crippen MR) is 159 cm³/mol. The van der Waals surface area contributed by atoms with Crippen LogP contribution in [0.5, 0.6) is 11.5 Å². The molecule has 2 amide bonds. The van der Waals surface area contributed by atoms with Crippen LogP contribution in [0.3, 0.4) is 0 Å². The van der Waals surface area contributed by atoms with Crippen LogP contribution in [0.25, 0.3) is 0 Å². The summed E-state index contributed by atoms with van der Waals surface area (Å²) in [7, 11) is 0. The minimum atomic E-state index is -0.988. The van der Waals surface area contributed by atoms with Gasteiger partial charge in [0.1, 0.15) is 16.5 Å². The van der Waals surface area contributed by atoms with Crippen molar-refractivity contribution in [1.29, 1.82) is 0 Å². The van der Waals surface area contributed by atoms with E-state index in [9.17, 15) is 19.2 Å². The number of hydrazone groups is 1. The van der Waals surface area contributed by atoms with Crippen LogP contribution in [0.1, 0.15) is 70.3 Å². The molecule has 2 N–H and O–H groups in total. The van der Waals surface area contributed by atoms with E-state index in [2.05, 4.69) is 22.8 Å². The number of anilines is 1. The molecule has 0 saturated carbocycles. The number of esters is 2. The van der Waals surface area contributed by atoms with Gasteiger partial charge in [-0.05, 0) is 98.2 Å². The van der Waals surface area contributed by atoms with Crippen LogP contribution < -0.4 is 20.2 Å². The lowest BCUT2D eigenvalue weighted by Gasteiger charge is -2.18. The summed E-state index contributed by atoms with van der Waals surface area (Å²) in [5.41, 5.74) is 4.38. The standard InChI is InChI=1S/C31H33N3O7S/c1-4-16-40-22-13-9-21(10-14-22)30(37)41-23-11-7-20(8-12-23)18-32-34-28(36)27(35)33-29-26(31(38)39-5-2)24-15-6-19(3)17-25(24)42-29/h7-14,18-19H,4-6,15-17H2,1-3H3,(H,33,35)(H,34,36)/b32-18+. The Kier molecular flexibility index (Phi) is 10.4. The van der Waals surface area contributed by atoms with Gasteiger partial charge < -0.3 is 19.5 Å². The number of carbonyl (C=O) groups is 4. The second-order valence-corrected chi connectivity index (χ2v) is 10.9. The lowest BCUT2D eigenvalue weighted by molar-refractivity contribution is -0.136. The Morgan fingerprint density at radius 1 is 0.976 bits per heavy atom. The zero-order chi connectivity index (χ0) is 30.1. The highest BCUT2D eigenvalue weighted by Crippen LogP contribution is 2.40. The largest absolute Gasteiger partial charge is 0.494 e. The molecule has 0 saturated heterocycles. The second-order valence-electron chi connectivity index (χ2n) is 9.76. The summed E-state index contributed by atoms with van der Waals surface area (Å²) in [6.07, 6.45) is 4.69. The normalized spacial score (nSPS) is 14.1. The van der Waals surface area contributed by atoms with Crippen LogP contribution in [0.4, 0.5) is 5.00 Å². The summed E-state index contributed by atoms with van der Waals surface area (Å²) in [6.45, 7) is 6.67. The molecule has 1 atom stereocenters. The fourth-order valence-electron chi connectivity index (χ4n) is 4.33. The highest BCUT2D eigenvalue weighted by Gasteiger charge is 2.30. The molecule has 1 aliphatic carbocycles. The van der Waals surface area contributed by atoms with Gasteiger partial charge in [-0.25, -0.2) is 15.0 Å². The third-order valence-electron chi connectivity index (χ3n) is 6.46. The lowest BCUT2D eigenvalue weighted by atomic mass is 9.88. The highest BCUT2D eigenvalue weighted by molar-refractivity contribution is 7.17. The summed E-state index contributed by atoms with van der Waals surface area (Å²) in [5, 5.41) is 6.71. The maximum absolute atomic E-state index is 12.6. The van der Waals surface area contributed by atoms with Gasteiger partial charge in [0.25, 0.3) is 0 Å². The first-order chi connectivity index (χ1) is 20.3. The van der Waals surface area contributed by atoms with E-state index in [1.165, 1.54) is 17.6 Å². The van der Waals surface area contributed by atoms with Gasteiger partial charge in [-0.1, -0.05) is 13.8 Å². The van der Waals surface area contributed by atoms with Gasteiger partial charge >= 0.3 is 23.8 Å². The number of ether oxygens (including phenoxy) is 3. The molecule has 0 fully saturated rings. The first kappa shape index (κ1) is 30.4. The number of benzene rings is 2. The molecule has 1 aliphatic rings. The van der Waals surface area contributed by atoms with E-state index >= 15 is 0 Å². The van der Waals surface area contributed by atoms with Gasteiger partial charge in [0.2, 0.25) is 0 Å². The van der Waals surface area contributed by atoms with E-state index in [-0.39, 0.29) is 6.61 Å². The fourth-order valence-corrected chi connectivity index (χ4v) is 5.72. The van der Waals surface area contributed by atoms with E-state index in [4.69, 9.17) is 14.2 Å². The number of hydrogen-bond donors (Lipinski definition) is 2. The number of thiophene rings is 1. The summed E-state index contributed by atoms with van der Waals surface area (Å²) < 4.78 is 16.1. The predicted octanol–water partition coefficient (Wildman–Crippen LogP) is 5.15. The van der Waals surface area contributed by atoms with Crippen LogP contribution in [-0.4, -0.2) is 43.2 Å². The molecule has 0 radical (unpaired) electrons. The average Bonchev–Trinajstić information content (AvgIpc) is 3.34. The molecule has 1 unspecified atom stereocenters. The third-order valence-corrected chi connectivity index (χ3v) is 7.63. The zero-order valence-electron chi connectivity index (χ0n) is 23.7. The van der Waals surface area contributed by atoms with Crippen molar-refractivity contribution in [3.8, 4) is 11.5 Å². The van der Waals surface area contributed by atoms with Crippen molar-refractivity contribution in [2.24, 2.45) is 11.0 Å². The Morgan fingerprint density at radius 3 is 2.38 bits per heavy atom. The molecule has 2 aromatic carbocycles. The van der Waals surface area contributed by atoms with E-state index < -0.39 is 23.8 Å². The van der Waals surface area contributed by atoms with Gasteiger partial charge in [0.05, 0.1) is 30.6 Å². The van der Waals surface area contributed by atoms with E-state index in [1.807, 2.05) is 6.92 Å². The summed E-state index contributed by atoms with van der Waals surface area (Å²) in [4.78, 5) is 51.1. The lowest BCUT2D eigenvalue weighted by Crippen LogP contribution is -2.32. The Balaban J connectivity index is 1.31. The molecule has 0 bridgehead atoms. The van der Waals surface area contributed by atoms with Gasteiger partial charge in [0.15, 0.2) is 0 Å². The molecule has 42 heavy (non-hydrogen) atoms. The third kappa shape index (κ3) is 7.82. The Labute approximate surface area is 248 Å². The van der Waals surface area contributed by atoms with E-state index in [0.29, 0.717) is 52.1 Å². The van der Waals surface area contributed by atoms with Crippen LogP contribution in [0, 0.1) is 5.92 Å². The molecule has 0 spiro atoms. The Morgan fingerprint density at radius 2 is 1.69 bits per heavy atom. The summed E-state index contributed by atoms with van der Waals surface area (Å²) >= 11 is 1.30. The zero-order valence-corrected chi connectivity index (χ0v) is 24.5. The minimum absolute atomic E-state index is 0.203. The number of amides is 2. The van der Waals surface area contributed by atoms with Gasteiger partial charge in [0, 0.05) is 4.88 Å². The highest BCUT2D eigenvalue weighted by atomic mass is 32.1. The van der Waals surface area contributed by atoms with Gasteiger partial charge in [-0.2, -0.15) is 5.10 Å². The molecule has 0 aliphatic heterocycles. The van der Waals surface area contributed by atoms with Crippen molar-refractivity contribution in [2.45, 2.75) is 46.5 Å². The topological polar surface area (TPSA) is 132 Å². The molecule has 3 aromatic rings. The molecule has 1 heterocycles. The van der Waals surface area contributed by atoms with Crippen LogP contribution in [-0.2, 0) is 27.2 Å². The molecule has 10 nitrogen and oxygen atoms in total. The van der Waals surface area contributed by atoms with Crippen LogP contribution in [0.15, 0.2) is 53.6 Å². The first-order valence-electron chi connectivity index (χ1n) is 13.8. The maximum Gasteiger partial charge on any atom is 0.343 e. The number of nitrogens with one attached hydrogen (secondary N) is 2. The fraction of sp³-hybridized carbons (Fsp3) is 0.323. The quantitative estimate of drug-likeness (QED) is 0.110. The maximum atomic E-state index is 12.6. The second kappa shape index (κ2) is 14.4. The van der Waals surface area contributed by atoms with Crippen molar-refractivity contribution in [1.82, 2.24) is 5.43 Å². The molecule has 11 heteroatoms. The van der Waals surface area contributed by atoms with E-state index in [0.717, 1.165) is 29.7 Å². The number of fused-ring (bicyclic) bond motifs is 1. The SMILES string of the molecule is CCCOc1ccc(C(=O)Oc2ccc(/C=N/NC(=O)C(=O)Nc3sc4c(c3C(=O)OCC)CCC(C)C4)cc2)cc1. The van der Waals surface area contributed by atoms with Crippen molar-refractivity contribution < 1.29 is 33.4 Å². The van der Waals surface area contributed by atoms with E-state index in [1.54, 1.807) is 55.5 Å². The first-order valence-corrected chi connectivity index (χ1v) is 14.6. The Hall–Kier alpha value is -4.51. The van der Waals surface area contributed by atoms with Crippen molar-refractivity contribution in [3.05, 3.63) is 75.7 Å². The summed E-state index contributed by atoms with van der Waals surface area (Å²) in [6, 6.07) is 13.2. The molecule has 220 valence electrons. The number of rotatable bonds is 10. The average molecular weight is 592 g/mol. The van der Waals surface area contributed by atoms with Crippen molar-refractivity contribution in [2.75, 3.05) is 18.5 Å². The molecule has 1 aromatic heterocycles. The van der Waals surface area contributed by atoms with Crippen LogP contribution >= 0.6 is 11.3 Å². The molecule has 4 rings (SSSR count). The smallest absolute Gasteiger partial charge is 0.343 e. The van der Waals surface area contributed by atoms with Gasteiger partial charge in [-0.3, -0.25) is 9.59 Å².